The van der Waals surface area contributed by atoms with Gasteiger partial charge in [0.1, 0.15) is 11.6 Å². The SMILES string of the molecule is COc1ccc(C(=O)NCCc2nnc(SCC(=O)Nc3cccc(Cl)c3)n2C)cc1. The number of anilines is 1. The van der Waals surface area contributed by atoms with Gasteiger partial charge in [0.15, 0.2) is 5.16 Å². The van der Waals surface area contributed by atoms with Crippen molar-refractivity contribution in [2.45, 2.75) is 11.6 Å². The second-order valence-corrected chi connectivity index (χ2v) is 7.92. The first-order chi connectivity index (χ1) is 15.0. The molecule has 0 fully saturated rings. The zero-order chi connectivity index (χ0) is 22.2. The van der Waals surface area contributed by atoms with Gasteiger partial charge < -0.3 is 19.9 Å². The highest BCUT2D eigenvalue weighted by molar-refractivity contribution is 7.99. The lowest BCUT2D eigenvalue weighted by atomic mass is 10.2. The molecule has 0 unspecified atom stereocenters. The number of hydrogen-bond donors (Lipinski definition) is 2. The zero-order valence-electron chi connectivity index (χ0n) is 17.1. The number of carbonyl (C=O) groups is 2. The second kappa shape index (κ2) is 10.8. The molecule has 2 aromatic carbocycles. The van der Waals surface area contributed by atoms with E-state index >= 15 is 0 Å². The molecule has 3 rings (SSSR count). The molecule has 10 heteroatoms. The van der Waals surface area contributed by atoms with Crippen molar-refractivity contribution >= 4 is 40.9 Å². The first-order valence-corrected chi connectivity index (χ1v) is 10.8. The third-order valence-electron chi connectivity index (χ3n) is 4.35. The molecular weight excluding hydrogens is 438 g/mol. The van der Waals surface area contributed by atoms with Crippen LogP contribution in [0, 0.1) is 0 Å². The van der Waals surface area contributed by atoms with E-state index in [-0.39, 0.29) is 17.6 Å². The lowest BCUT2D eigenvalue weighted by Gasteiger charge is -2.07. The molecule has 0 spiro atoms. The summed E-state index contributed by atoms with van der Waals surface area (Å²) in [7, 11) is 3.41. The summed E-state index contributed by atoms with van der Waals surface area (Å²) >= 11 is 7.21. The van der Waals surface area contributed by atoms with Crippen LogP contribution in [0.4, 0.5) is 5.69 Å². The molecule has 0 saturated heterocycles. The normalized spacial score (nSPS) is 10.5. The van der Waals surface area contributed by atoms with Crippen molar-refractivity contribution in [3.63, 3.8) is 0 Å². The van der Waals surface area contributed by atoms with Gasteiger partial charge in [-0.2, -0.15) is 0 Å². The van der Waals surface area contributed by atoms with E-state index in [0.717, 1.165) is 0 Å². The van der Waals surface area contributed by atoms with Gasteiger partial charge in [0, 0.05) is 36.3 Å². The van der Waals surface area contributed by atoms with Crippen molar-refractivity contribution in [3.05, 3.63) is 64.9 Å². The van der Waals surface area contributed by atoms with E-state index in [0.29, 0.717) is 46.0 Å². The van der Waals surface area contributed by atoms with Gasteiger partial charge in [0.2, 0.25) is 5.91 Å². The number of halogens is 1. The van der Waals surface area contributed by atoms with Crippen molar-refractivity contribution in [3.8, 4) is 5.75 Å². The van der Waals surface area contributed by atoms with Crippen LogP contribution >= 0.6 is 23.4 Å². The maximum atomic E-state index is 12.2. The van der Waals surface area contributed by atoms with Gasteiger partial charge in [-0.05, 0) is 42.5 Å². The smallest absolute Gasteiger partial charge is 0.251 e. The predicted octanol–water partition coefficient (Wildman–Crippen LogP) is 3.18. The highest BCUT2D eigenvalue weighted by Crippen LogP contribution is 2.18. The number of rotatable bonds is 9. The molecule has 0 bridgehead atoms. The fourth-order valence-corrected chi connectivity index (χ4v) is 3.63. The maximum absolute atomic E-state index is 12.2. The summed E-state index contributed by atoms with van der Waals surface area (Å²) < 4.78 is 6.91. The minimum Gasteiger partial charge on any atom is -0.497 e. The minimum atomic E-state index is -0.169. The Kier molecular flexibility index (Phi) is 7.91. The summed E-state index contributed by atoms with van der Waals surface area (Å²) in [5.41, 5.74) is 1.20. The number of nitrogens with one attached hydrogen (secondary N) is 2. The minimum absolute atomic E-state index is 0.163. The molecule has 0 aliphatic heterocycles. The Bertz CT molecular complexity index is 1060. The molecule has 2 amide bonds. The summed E-state index contributed by atoms with van der Waals surface area (Å²) in [6.07, 6.45) is 0.515. The van der Waals surface area contributed by atoms with Crippen LogP contribution in [0.2, 0.25) is 5.02 Å². The average Bonchev–Trinajstić information content (AvgIpc) is 3.11. The molecular formula is C21H22ClN5O3S. The van der Waals surface area contributed by atoms with Crippen molar-refractivity contribution in [1.82, 2.24) is 20.1 Å². The summed E-state index contributed by atoms with van der Waals surface area (Å²) in [4.78, 5) is 24.4. The summed E-state index contributed by atoms with van der Waals surface area (Å²) in [6.45, 7) is 0.413. The Morgan fingerprint density at radius 2 is 1.94 bits per heavy atom. The predicted molar refractivity (Wildman–Crippen MR) is 121 cm³/mol. The quantitative estimate of drug-likeness (QED) is 0.477. The van der Waals surface area contributed by atoms with Gasteiger partial charge in [0.25, 0.3) is 5.91 Å². The van der Waals surface area contributed by atoms with Gasteiger partial charge in [-0.3, -0.25) is 9.59 Å². The Labute approximate surface area is 189 Å². The zero-order valence-corrected chi connectivity index (χ0v) is 18.7. The largest absolute Gasteiger partial charge is 0.497 e. The molecule has 1 heterocycles. The lowest BCUT2D eigenvalue weighted by Crippen LogP contribution is -2.26. The van der Waals surface area contributed by atoms with E-state index in [4.69, 9.17) is 16.3 Å². The van der Waals surface area contributed by atoms with Crippen molar-refractivity contribution < 1.29 is 14.3 Å². The second-order valence-electron chi connectivity index (χ2n) is 6.54. The monoisotopic (exact) mass is 459 g/mol. The van der Waals surface area contributed by atoms with Crippen LogP contribution in [0.25, 0.3) is 0 Å². The van der Waals surface area contributed by atoms with Crippen molar-refractivity contribution in [2.75, 3.05) is 24.7 Å². The lowest BCUT2D eigenvalue weighted by molar-refractivity contribution is -0.113. The fraction of sp³-hybridized carbons (Fsp3) is 0.238. The molecule has 0 aliphatic rings. The Hall–Kier alpha value is -3.04. The summed E-state index contributed by atoms with van der Waals surface area (Å²) in [5.74, 6) is 1.27. The number of hydrogen-bond acceptors (Lipinski definition) is 6. The van der Waals surface area contributed by atoms with Crippen LogP contribution < -0.4 is 15.4 Å². The molecule has 0 saturated carbocycles. The molecule has 1 aromatic heterocycles. The van der Waals surface area contributed by atoms with E-state index in [9.17, 15) is 9.59 Å². The van der Waals surface area contributed by atoms with Gasteiger partial charge in [-0.25, -0.2) is 0 Å². The molecule has 8 nitrogen and oxygen atoms in total. The van der Waals surface area contributed by atoms with Crippen LogP contribution in [0.1, 0.15) is 16.2 Å². The number of amides is 2. The van der Waals surface area contributed by atoms with Crippen LogP contribution in [-0.2, 0) is 18.3 Å². The number of benzene rings is 2. The number of carbonyl (C=O) groups excluding carboxylic acids is 2. The summed E-state index contributed by atoms with van der Waals surface area (Å²) in [6, 6.07) is 13.9. The average molecular weight is 460 g/mol. The van der Waals surface area contributed by atoms with Crippen LogP contribution in [0.15, 0.2) is 53.7 Å². The van der Waals surface area contributed by atoms with Crippen molar-refractivity contribution in [2.24, 2.45) is 7.05 Å². The molecule has 0 aliphatic carbocycles. The molecule has 3 aromatic rings. The molecule has 0 atom stereocenters. The highest BCUT2D eigenvalue weighted by Gasteiger charge is 2.12. The Morgan fingerprint density at radius 1 is 1.16 bits per heavy atom. The number of methoxy groups -OCH3 is 1. The molecule has 0 radical (unpaired) electrons. The fourth-order valence-electron chi connectivity index (χ4n) is 2.71. The van der Waals surface area contributed by atoms with Gasteiger partial charge in [-0.15, -0.1) is 10.2 Å². The van der Waals surface area contributed by atoms with Crippen molar-refractivity contribution in [1.29, 1.82) is 0 Å². The first kappa shape index (κ1) is 22.6. The molecule has 31 heavy (non-hydrogen) atoms. The van der Waals surface area contributed by atoms with Gasteiger partial charge in [0.05, 0.1) is 12.9 Å². The molecule has 162 valence electrons. The highest BCUT2D eigenvalue weighted by atomic mass is 35.5. The van der Waals surface area contributed by atoms with E-state index in [2.05, 4.69) is 20.8 Å². The maximum Gasteiger partial charge on any atom is 0.251 e. The first-order valence-electron chi connectivity index (χ1n) is 9.45. The summed E-state index contributed by atoms with van der Waals surface area (Å²) in [5, 5.41) is 15.1. The molecule has 2 N–H and O–H groups in total. The van der Waals surface area contributed by atoms with Gasteiger partial charge in [-0.1, -0.05) is 29.4 Å². The number of aromatic nitrogens is 3. The standard InChI is InChI=1S/C21H22ClN5O3S/c1-27-18(10-11-23-20(29)14-6-8-17(30-2)9-7-14)25-26-21(27)31-13-19(28)24-16-5-3-4-15(22)12-16/h3-9,12H,10-11,13H2,1-2H3,(H,23,29)(H,24,28). The number of ether oxygens (including phenoxy) is 1. The third-order valence-corrected chi connectivity index (χ3v) is 5.61. The van der Waals surface area contributed by atoms with E-state index < -0.39 is 0 Å². The number of nitrogens with zero attached hydrogens (tertiary/aromatic N) is 3. The van der Waals surface area contributed by atoms with E-state index in [1.165, 1.54) is 11.8 Å². The van der Waals surface area contributed by atoms with E-state index in [1.54, 1.807) is 55.6 Å². The van der Waals surface area contributed by atoms with Crippen LogP contribution in [0.3, 0.4) is 0 Å². The Morgan fingerprint density at radius 3 is 2.65 bits per heavy atom. The topological polar surface area (TPSA) is 98.1 Å². The van der Waals surface area contributed by atoms with Crippen LogP contribution in [-0.4, -0.2) is 46.0 Å². The van der Waals surface area contributed by atoms with Gasteiger partial charge >= 0.3 is 0 Å². The third kappa shape index (κ3) is 6.47. The van der Waals surface area contributed by atoms with Crippen LogP contribution in [0.5, 0.6) is 5.75 Å². The number of thioether (sulfide) groups is 1. The Balaban J connectivity index is 1.46. The van der Waals surface area contributed by atoms with E-state index in [1.807, 2.05) is 11.6 Å².